The number of aromatic carboxylic acids is 1. The van der Waals surface area contributed by atoms with Crippen molar-refractivity contribution in [3.05, 3.63) is 64.7 Å². The van der Waals surface area contributed by atoms with Crippen molar-refractivity contribution in [2.24, 2.45) is 5.92 Å². The molecule has 3 heteroatoms. The SMILES string of the molecule is Cc1ccc(CC(C)Cc2cccc(C(=O)O)c2)c(O)c1. The minimum Gasteiger partial charge on any atom is -0.508 e. The number of carboxylic acid groups (broad SMARTS) is 1. The Morgan fingerprint density at radius 1 is 1.14 bits per heavy atom. The topological polar surface area (TPSA) is 57.5 Å². The summed E-state index contributed by atoms with van der Waals surface area (Å²) in [6.07, 6.45) is 1.55. The second-order valence-electron chi connectivity index (χ2n) is 5.65. The number of aromatic hydroxyl groups is 1. The number of hydrogen-bond donors (Lipinski definition) is 2. The Bertz CT molecular complexity index is 647. The number of rotatable bonds is 5. The van der Waals surface area contributed by atoms with E-state index in [9.17, 15) is 9.90 Å². The van der Waals surface area contributed by atoms with Crippen molar-refractivity contribution < 1.29 is 15.0 Å². The van der Waals surface area contributed by atoms with Crippen LogP contribution in [0.3, 0.4) is 0 Å². The molecule has 110 valence electrons. The van der Waals surface area contributed by atoms with E-state index in [-0.39, 0.29) is 0 Å². The van der Waals surface area contributed by atoms with Gasteiger partial charge in [-0.15, -0.1) is 0 Å². The molecule has 0 spiro atoms. The fraction of sp³-hybridized carbons (Fsp3) is 0.278. The highest BCUT2D eigenvalue weighted by molar-refractivity contribution is 5.87. The van der Waals surface area contributed by atoms with Crippen molar-refractivity contribution >= 4 is 5.97 Å². The van der Waals surface area contributed by atoms with Crippen LogP contribution in [0.2, 0.25) is 0 Å². The molecule has 0 radical (unpaired) electrons. The van der Waals surface area contributed by atoms with Gasteiger partial charge in [-0.3, -0.25) is 0 Å². The lowest BCUT2D eigenvalue weighted by molar-refractivity contribution is 0.0696. The standard InChI is InChI=1S/C18H20O3/c1-12-6-7-15(17(19)10-12)9-13(2)8-14-4-3-5-16(11-14)18(20)21/h3-7,10-11,13,19H,8-9H2,1-2H3,(H,20,21). The van der Waals surface area contributed by atoms with E-state index in [0.717, 1.165) is 29.5 Å². The number of hydrogen-bond acceptors (Lipinski definition) is 2. The van der Waals surface area contributed by atoms with Crippen LogP contribution in [-0.2, 0) is 12.8 Å². The van der Waals surface area contributed by atoms with Gasteiger partial charge < -0.3 is 10.2 Å². The summed E-state index contributed by atoms with van der Waals surface area (Å²) in [6.45, 7) is 4.05. The van der Waals surface area contributed by atoms with Gasteiger partial charge in [0.05, 0.1) is 5.56 Å². The summed E-state index contributed by atoms with van der Waals surface area (Å²) in [4.78, 5) is 11.0. The van der Waals surface area contributed by atoms with Gasteiger partial charge in [-0.1, -0.05) is 31.2 Å². The van der Waals surface area contributed by atoms with E-state index in [0.29, 0.717) is 17.2 Å². The molecule has 2 aromatic rings. The van der Waals surface area contributed by atoms with Crippen LogP contribution in [0.1, 0.15) is 34.0 Å². The molecular weight excluding hydrogens is 264 g/mol. The van der Waals surface area contributed by atoms with E-state index in [2.05, 4.69) is 6.92 Å². The zero-order valence-electron chi connectivity index (χ0n) is 12.3. The van der Waals surface area contributed by atoms with E-state index in [1.54, 1.807) is 24.3 Å². The second kappa shape index (κ2) is 6.44. The molecule has 1 unspecified atom stereocenters. The normalized spacial score (nSPS) is 12.1. The predicted octanol–water partition coefficient (Wildman–Crippen LogP) is 3.82. The fourth-order valence-corrected chi connectivity index (χ4v) is 2.53. The molecule has 2 N–H and O–H groups in total. The molecule has 2 aromatic carbocycles. The van der Waals surface area contributed by atoms with E-state index in [1.807, 2.05) is 25.1 Å². The van der Waals surface area contributed by atoms with Crippen LogP contribution in [-0.4, -0.2) is 16.2 Å². The third-order valence-electron chi connectivity index (χ3n) is 3.57. The molecule has 0 bridgehead atoms. The Balaban J connectivity index is 2.06. The smallest absolute Gasteiger partial charge is 0.335 e. The van der Waals surface area contributed by atoms with Gasteiger partial charge in [0.15, 0.2) is 0 Å². The van der Waals surface area contributed by atoms with Crippen molar-refractivity contribution in [2.75, 3.05) is 0 Å². The summed E-state index contributed by atoms with van der Waals surface area (Å²) in [5, 5.41) is 19.0. The second-order valence-corrected chi connectivity index (χ2v) is 5.65. The number of phenols is 1. The molecule has 0 aliphatic carbocycles. The zero-order chi connectivity index (χ0) is 15.4. The molecule has 0 aliphatic heterocycles. The highest BCUT2D eigenvalue weighted by Crippen LogP contribution is 2.23. The largest absolute Gasteiger partial charge is 0.508 e. The fourth-order valence-electron chi connectivity index (χ4n) is 2.53. The van der Waals surface area contributed by atoms with Crippen LogP contribution in [0.25, 0.3) is 0 Å². The predicted molar refractivity (Wildman–Crippen MR) is 82.8 cm³/mol. The molecule has 3 nitrogen and oxygen atoms in total. The summed E-state index contributed by atoms with van der Waals surface area (Å²) < 4.78 is 0. The van der Waals surface area contributed by atoms with Crippen molar-refractivity contribution in [2.45, 2.75) is 26.7 Å². The Labute approximate surface area is 124 Å². The quantitative estimate of drug-likeness (QED) is 0.877. The Morgan fingerprint density at radius 3 is 2.57 bits per heavy atom. The first kappa shape index (κ1) is 15.1. The molecule has 0 aliphatic rings. The van der Waals surface area contributed by atoms with E-state index in [1.165, 1.54) is 0 Å². The van der Waals surface area contributed by atoms with Gasteiger partial charge >= 0.3 is 5.97 Å². The summed E-state index contributed by atoms with van der Waals surface area (Å²) in [7, 11) is 0. The van der Waals surface area contributed by atoms with Crippen molar-refractivity contribution in [1.82, 2.24) is 0 Å². The molecule has 0 amide bonds. The van der Waals surface area contributed by atoms with Crippen LogP contribution in [0.4, 0.5) is 0 Å². The van der Waals surface area contributed by atoms with Gasteiger partial charge in [-0.05, 0) is 60.6 Å². The summed E-state index contributed by atoms with van der Waals surface area (Å²) in [5.74, 6) is -0.246. The highest BCUT2D eigenvalue weighted by Gasteiger charge is 2.10. The summed E-state index contributed by atoms with van der Waals surface area (Å²) in [5.41, 5.74) is 3.30. The molecule has 0 fully saturated rings. The molecule has 21 heavy (non-hydrogen) atoms. The molecule has 0 saturated heterocycles. The average molecular weight is 284 g/mol. The van der Waals surface area contributed by atoms with Gasteiger partial charge in [-0.25, -0.2) is 4.79 Å². The number of carboxylic acids is 1. The van der Waals surface area contributed by atoms with Crippen molar-refractivity contribution in [3.63, 3.8) is 0 Å². The van der Waals surface area contributed by atoms with Crippen molar-refractivity contribution in [1.29, 1.82) is 0 Å². The van der Waals surface area contributed by atoms with Crippen LogP contribution >= 0.6 is 0 Å². The maximum absolute atomic E-state index is 11.0. The summed E-state index contributed by atoms with van der Waals surface area (Å²) >= 11 is 0. The maximum Gasteiger partial charge on any atom is 0.335 e. The van der Waals surface area contributed by atoms with E-state index < -0.39 is 5.97 Å². The Hall–Kier alpha value is -2.29. The first-order valence-corrected chi connectivity index (χ1v) is 7.06. The van der Waals surface area contributed by atoms with Gasteiger partial charge in [0.2, 0.25) is 0 Å². The lowest BCUT2D eigenvalue weighted by Crippen LogP contribution is -2.05. The monoisotopic (exact) mass is 284 g/mol. The number of aryl methyl sites for hydroxylation is 1. The number of carbonyl (C=O) groups is 1. The van der Waals surface area contributed by atoms with Crippen LogP contribution in [0.15, 0.2) is 42.5 Å². The third kappa shape index (κ3) is 4.09. The molecule has 0 aromatic heterocycles. The van der Waals surface area contributed by atoms with Crippen molar-refractivity contribution in [3.8, 4) is 5.75 Å². The minimum atomic E-state index is -0.902. The first-order chi connectivity index (χ1) is 9.95. The zero-order valence-corrected chi connectivity index (χ0v) is 12.3. The molecular formula is C18H20O3. The molecule has 1 atom stereocenters. The van der Waals surface area contributed by atoms with Crippen LogP contribution in [0.5, 0.6) is 5.75 Å². The number of benzene rings is 2. The lowest BCUT2D eigenvalue weighted by Gasteiger charge is -2.13. The lowest BCUT2D eigenvalue weighted by atomic mass is 9.93. The molecule has 2 rings (SSSR count). The molecule has 0 heterocycles. The highest BCUT2D eigenvalue weighted by atomic mass is 16.4. The minimum absolute atomic E-state index is 0.317. The van der Waals surface area contributed by atoms with Crippen LogP contribution < -0.4 is 0 Å². The van der Waals surface area contributed by atoms with E-state index >= 15 is 0 Å². The Morgan fingerprint density at radius 2 is 1.90 bits per heavy atom. The summed E-state index contributed by atoms with van der Waals surface area (Å²) in [6, 6.07) is 12.7. The third-order valence-corrected chi connectivity index (χ3v) is 3.57. The maximum atomic E-state index is 11.0. The van der Waals surface area contributed by atoms with Crippen LogP contribution in [0, 0.1) is 12.8 Å². The Kier molecular flexibility index (Phi) is 4.63. The first-order valence-electron chi connectivity index (χ1n) is 7.06. The molecule has 0 saturated carbocycles. The van der Waals surface area contributed by atoms with Gasteiger partial charge in [0.1, 0.15) is 5.75 Å². The number of phenolic OH excluding ortho intramolecular Hbond substituents is 1. The average Bonchev–Trinajstić information content (AvgIpc) is 2.42. The van der Waals surface area contributed by atoms with Gasteiger partial charge in [0, 0.05) is 0 Å². The van der Waals surface area contributed by atoms with Gasteiger partial charge in [0.25, 0.3) is 0 Å². The van der Waals surface area contributed by atoms with Gasteiger partial charge in [-0.2, -0.15) is 0 Å². The van der Waals surface area contributed by atoms with E-state index in [4.69, 9.17) is 5.11 Å².